The third-order valence-electron chi connectivity index (χ3n) is 1.98. The molecular formula is C8H6ClF2NO5S. The first-order chi connectivity index (χ1) is 8.18. The molecule has 0 unspecified atom stereocenters. The van der Waals surface area contributed by atoms with Gasteiger partial charge in [-0.15, -0.1) is 0 Å². The van der Waals surface area contributed by atoms with Crippen LogP contribution in [0.1, 0.15) is 12.0 Å². The van der Waals surface area contributed by atoms with Gasteiger partial charge in [0.2, 0.25) is 0 Å². The van der Waals surface area contributed by atoms with Crippen LogP contribution in [-0.2, 0) is 9.05 Å². The van der Waals surface area contributed by atoms with Crippen LogP contribution in [0.5, 0.6) is 5.75 Å². The van der Waals surface area contributed by atoms with E-state index in [1.54, 1.807) is 0 Å². The van der Waals surface area contributed by atoms with Gasteiger partial charge < -0.3 is 4.74 Å². The number of hydrogen-bond acceptors (Lipinski definition) is 5. The Morgan fingerprint density at radius 3 is 2.33 bits per heavy atom. The first-order valence-electron chi connectivity index (χ1n) is 4.27. The van der Waals surface area contributed by atoms with Crippen LogP contribution in [0.15, 0.2) is 17.0 Å². The normalized spacial score (nSPS) is 11.6. The van der Waals surface area contributed by atoms with Gasteiger partial charge in [-0.3, -0.25) is 10.1 Å². The van der Waals surface area contributed by atoms with Crippen LogP contribution < -0.4 is 4.74 Å². The highest BCUT2D eigenvalue weighted by molar-refractivity contribution is 8.13. The molecule has 0 aliphatic heterocycles. The predicted molar refractivity (Wildman–Crippen MR) is 57.6 cm³/mol. The van der Waals surface area contributed by atoms with Crippen LogP contribution in [0, 0.1) is 10.1 Å². The maximum Gasteiger partial charge on any atom is 0.271 e. The van der Waals surface area contributed by atoms with Crippen LogP contribution in [-0.4, -0.2) is 20.5 Å². The van der Waals surface area contributed by atoms with E-state index in [9.17, 15) is 27.3 Å². The zero-order valence-electron chi connectivity index (χ0n) is 8.76. The Hall–Kier alpha value is -1.48. The fourth-order valence-electron chi connectivity index (χ4n) is 1.28. The molecule has 1 aromatic carbocycles. The van der Waals surface area contributed by atoms with E-state index < -0.39 is 42.3 Å². The summed E-state index contributed by atoms with van der Waals surface area (Å²) in [5.41, 5.74) is -1.73. The molecule has 6 nitrogen and oxygen atoms in total. The number of non-ortho nitro benzene ring substituents is 1. The molecule has 0 heterocycles. The number of ether oxygens (including phenoxy) is 1. The minimum absolute atomic E-state index is 0.537. The van der Waals surface area contributed by atoms with Gasteiger partial charge in [-0.1, -0.05) is 0 Å². The number of nitro benzene ring substituents is 1. The van der Waals surface area contributed by atoms with Crippen molar-refractivity contribution in [3.63, 3.8) is 0 Å². The van der Waals surface area contributed by atoms with Gasteiger partial charge in [-0.2, -0.15) is 0 Å². The molecule has 0 aliphatic carbocycles. The number of benzene rings is 1. The second-order valence-electron chi connectivity index (χ2n) is 3.06. The molecule has 100 valence electrons. The van der Waals surface area contributed by atoms with E-state index in [-0.39, 0.29) is 0 Å². The highest BCUT2D eigenvalue weighted by Gasteiger charge is 2.28. The summed E-state index contributed by atoms with van der Waals surface area (Å²) < 4.78 is 52.3. The third kappa shape index (κ3) is 2.85. The van der Waals surface area contributed by atoms with E-state index in [1.807, 2.05) is 0 Å². The smallest absolute Gasteiger partial charge is 0.271 e. The first-order valence-corrected chi connectivity index (χ1v) is 6.58. The molecule has 18 heavy (non-hydrogen) atoms. The van der Waals surface area contributed by atoms with Crippen LogP contribution in [0.3, 0.4) is 0 Å². The molecule has 1 rings (SSSR count). The van der Waals surface area contributed by atoms with Gasteiger partial charge in [-0.05, 0) is 0 Å². The van der Waals surface area contributed by atoms with Crippen molar-refractivity contribution in [2.75, 3.05) is 7.11 Å². The molecule has 0 aliphatic rings. The lowest BCUT2D eigenvalue weighted by atomic mass is 10.2. The van der Waals surface area contributed by atoms with E-state index in [0.29, 0.717) is 12.1 Å². The summed E-state index contributed by atoms with van der Waals surface area (Å²) in [6.45, 7) is 0. The van der Waals surface area contributed by atoms with E-state index in [2.05, 4.69) is 4.74 Å². The molecule has 0 atom stereocenters. The average molecular weight is 302 g/mol. The van der Waals surface area contributed by atoms with Crippen molar-refractivity contribution in [1.82, 2.24) is 0 Å². The second-order valence-corrected chi connectivity index (χ2v) is 5.60. The number of hydrogen-bond donors (Lipinski definition) is 0. The molecule has 0 spiro atoms. The Bertz CT molecular complexity index is 589. The van der Waals surface area contributed by atoms with Gasteiger partial charge in [0.05, 0.1) is 17.6 Å². The van der Waals surface area contributed by atoms with Gasteiger partial charge in [0.15, 0.2) is 0 Å². The van der Waals surface area contributed by atoms with Crippen molar-refractivity contribution in [2.45, 2.75) is 11.3 Å². The van der Waals surface area contributed by atoms with Gasteiger partial charge >= 0.3 is 0 Å². The topological polar surface area (TPSA) is 86.5 Å². The minimum Gasteiger partial charge on any atom is -0.495 e. The van der Waals surface area contributed by atoms with Gasteiger partial charge in [0.25, 0.3) is 21.2 Å². The van der Waals surface area contributed by atoms with Gasteiger partial charge in [0.1, 0.15) is 10.6 Å². The number of nitro groups is 1. The number of nitrogens with zero attached hydrogens (tertiary/aromatic N) is 1. The summed E-state index contributed by atoms with van der Waals surface area (Å²) in [4.78, 5) is 8.67. The number of halogens is 3. The van der Waals surface area contributed by atoms with Crippen molar-refractivity contribution in [3.05, 3.63) is 27.8 Å². The molecular weight excluding hydrogens is 296 g/mol. The summed E-state index contributed by atoms with van der Waals surface area (Å²) >= 11 is 0. The number of rotatable bonds is 4. The highest BCUT2D eigenvalue weighted by atomic mass is 35.7. The van der Waals surface area contributed by atoms with Gasteiger partial charge in [-0.25, -0.2) is 17.2 Å². The third-order valence-corrected chi connectivity index (χ3v) is 3.31. The van der Waals surface area contributed by atoms with Crippen molar-refractivity contribution in [2.24, 2.45) is 0 Å². The highest BCUT2D eigenvalue weighted by Crippen LogP contribution is 2.39. The Balaban J connectivity index is 3.73. The van der Waals surface area contributed by atoms with Crippen LogP contribution in [0.4, 0.5) is 14.5 Å². The van der Waals surface area contributed by atoms with E-state index >= 15 is 0 Å². The Morgan fingerprint density at radius 2 is 2.00 bits per heavy atom. The van der Waals surface area contributed by atoms with Crippen LogP contribution >= 0.6 is 10.7 Å². The maximum absolute atomic E-state index is 12.7. The van der Waals surface area contributed by atoms with E-state index in [4.69, 9.17) is 10.7 Å². The van der Waals surface area contributed by atoms with Crippen molar-refractivity contribution in [1.29, 1.82) is 0 Å². The summed E-state index contributed by atoms with van der Waals surface area (Å²) in [7, 11) is 1.53. The second kappa shape index (κ2) is 5.02. The summed E-state index contributed by atoms with van der Waals surface area (Å²) in [6.07, 6.45) is -3.14. The zero-order valence-corrected chi connectivity index (χ0v) is 10.3. The molecule has 0 radical (unpaired) electrons. The molecule has 0 fully saturated rings. The largest absolute Gasteiger partial charge is 0.495 e. The summed E-state index contributed by atoms with van der Waals surface area (Å²) in [5.74, 6) is -0.703. The SMILES string of the molecule is COc1c(C(F)F)cc([N+](=O)[O-])cc1S(=O)(=O)Cl. The molecule has 0 aromatic heterocycles. The number of alkyl halides is 2. The lowest BCUT2D eigenvalue weighted by Crippen LogP contribution is -2.03. The van der Waals surface area contributed by atoms with E-state index in [0.717, 1.165) is 7.11 Å². The monoisotopic (exact) mass is 301 g/mol. The molecule has 1 aromatic rings. The predicted octanol–water partition coefficient (Wildman–Crippen LogP) is 2.47. The average Bonchev–Trinajstić information content (AvgIpc) is 2.25. The molecule has 0 saturated heterocycles. The fraction of sp³-hybridized carbons (Fsp3) is 0.250. The lowest BCUT2D eigenvalue weighted by molar-refractivity contribution is -0.385. The Morgan fingerprint density at radius 1 is 1.44 bits per heavy atom. The van der Waals surface area contributed by atoms with E-state index in [1.165, 1.54) is 0 Å². The van der Waals surface area contributed by atoms with Crippen molar-refractivity contribution in [3.8, 4) is 5.75 Å². The molecule has 0 N–H and O–H groups in total. The molecule has 0 amide bonds. The summed E-state index contributed by atoms with van der Waals surface area (Å²) in [6, 6.07) is 1.10. The Labute approximate surface area is 105 Å². The quantitative estimate of drug-likeness (QED) is 0.484. The van der Waals surface area contributed by atoms with Crippen LogP contribution in [0.25, 0.3) is 0 Å². The fourth-order valence-corrected chi connectivity index (χ4v) is 2.30. The minimum atomic E-state index is -4.45. The molecule has 0 bridgehead atoms. The van der Waals surface area contributed by atoms with Crippen LogP contribution in [0.2, 0.25) is 0 Å². The first kappa shape index (κ1) is 14.6. The Kier molecular flexibility index (Phi) is 4.07. The lowest BCUT2D eigenvalue weighted by Gasteiger charge is -2.11. The summed E-state index contributed by atoms with van der Waals surface area (Å²) in [5, 5.41) is 10.5. The van der Waals surface area contributed by atoms with Gasteiger partial charge in [0, 0.05) is 22.8 Å². The standard InChI is InChI=1S/C8H6ClF2NO5S/c1-17-7-5(8(10)11)2-4(12(13)14)3-6(7)18(9,15)16/h2-3,8H,1H3. The maximum atomic E-state index is 12.7. The van der Waals surface area contributed by atoms with Crippen molar-refractivity contribution >= 4 is 25.4 Å². The number of methoxy groups -OCH3 is 1. The molecule has 0 saturated carbocycles. The van der Waals surface area contributed by atoms with Crippen molar-refractivity contribution < 1.29 is 26.9 Å². The zero-order chi connectivity index (χ0) is 14.1. The molecule has 10 heteroatoms.